The van der Waals surface area contributed by atoms with Crippen molar-refractivity contribution in [2.45, 2.75) is 18.7 Å². The summed E-state index contributed by atoms with van der Waals surface area (Å²) in [6.07, 6.45) is 2.84. The third-order valence-corrected chi connectivity index (χ3v) is 5.83. The van der Waals surface area contributed by atoms with Crippen LogP contribution in [0.1, 0.15) is 11.1 Å². The van der Waals surface area contributed by atoms with Crippen LogP contribution in [-0.4, -0.2) is 41.9 Å². The molecule has 154 valence electrons. The molecule has 9 heteroatoms. The van der Waals surface area contributed by atoms with E-state index in [9.17, 15) is 8.42 Å². The zero-order chi connectivity index (χ0) is 21.5. The predicted molar refractivity (Wildman–Crippen MR) is 118 cm³/mol. The van der Waals surface area contributed by atoms with Crippen LogP contribution in [-0.2, 0) is 9.84 Å². The highest BCUT2D eigenvalue weighted by Gasteiger charge is 2.15. The van der Waals surface area contributed by atoms with Crippen LogP contribution in [0.25, 0.3) is 10.9 Å². The largest absolute Gasteiger partial charge is 0.324 e. The molecular formula is C21H22N6O2S. The summed E-state index contributed by atoms with van der Waals surface area (Å²) < 4.78 is 23.8. The number of aromatic amines is 1. The molecule has 0 bridgehead atoms. The third-order valence-electron chi connectivity index (χ3n) is 4.74. The molecule has 0 fully saturated rings. The van der Waals surface area contributed by atoms with Gasteiger partial charge in [-0.3, -0.25) is 5.10 Å². The summed E-state index contributed by atoms with van der Waals surface area (Å²) in [4.78, 5) is 11.0. The number of aryl methyl sites for hydroxylation is 2. The van der Waals surface area contributed by atoms with Crippen LogP contribution in [0.4, 0.5) is 23.3 Å². The number of rotatable bonds is 5. The molecule has 0 radical (unpaired) electrons. The predicted octanol–water partition coefficient (Wildman–Crippen LogP) is 3.88. The van der Waals surface area contributed by atoms with Crippen molar-refractivity contribution >= 4 is 44.0 Å². The number of H-pyrrole nitrogens is 1. The zero-order valence-electron chi connectivity index (χ0n) is 17.1. The molecule has 0 unspecified atom stereocenters. The van der Waals surface area contributed by atoms with Gasteiger partial charge in [0.05, 0.1) is 10.4 Å². The Morgan fingerprint density at radius 1 is 1.03 bits per heavy atom. The number of sulfone groups is 1. The molecule has 2 aromatic carbocycles. The van der Waals surface area contributed by atoms with Gasteiger partial charge < -0.3 is 10.2 Å². The molecule has 30 heavy (non-hydrogen) atoms. The number of anilines is 4. The molecule has 0 aliphatic carbocycles. The van der Waals surface area contributed by atoms with E-state index in [1.165, 1.54) is 6.26 Å². The highest BCUT2D eigenvalue weighted by Crippen LogP contribution is 2.29. The summed E-state index contributed by atoms with van der Waals surface area (Å²) in [5, 5.41) is 11.6. The standard InChI is InChI=1S/C21H22N6O2S/c1-13-5-6-18-17(11-13)20(26-25-18)27(3)19-7-8-22-21(24-19)23-15-9-14(2)10-16(12-15)30(4,28)29/h5-12H,1-4H3,(H,25,26)(H,22,23,24). The maximum absolute atomic E-state index is 11.9. The Bertz CT molecular complexity index is 1350. The summed E-state index contributed by atoms with van der Waals surface area (Å²) in [6, 6.07) is 13.0. The first-order valence-corrected chi connectivity index (χ1v) is 11.2. The van der Waals surface area contributed by atoms with E-state index in [0.29, 0.717) is 17.5 Å². The second kappa shape index (κ2) is 7.42. The molecule has 0 atom stereocenters. The number of hydrogen-bond donors (Lipinski definition) is 2. The Morgan fingerprint density at radius 2 is 1.83 bits per heavy atom. The minimum Gasteiger partial charge on any atom is -0.324 e. The lowest BCUT2D eigenvalue weighted by Crippen LogP contribution is -2.13. The lowest BCUT2D eigenvalue weighted by molar-refractivity contribution is 0.602. The Labute approximate surface area is 174 Å². The molecule has 2 aromatic heterocycles. The van der Waals surface area contributed by atoms with Gasteiger partial charge in [0, 0.05) is 30.6 Å². The van der Waals surface area contributed by atoms with Crippen molar-refractivity contribution in [1.82, 2.24) is 20.2 Å². The number of hydrogen-bond acceptors (Lipinski definition) is 7. The van der Waals surface area contributed by atoms with Crippen molar-refractivity contribution in [3.05, 3.63) is 59.8 Å². The smallest absolute Gasteiger partial charge is 0.229 e. The van der Waals surface area contributed by atoms with Crippen LogP contribution < -0.4 is 10.2 Å². The van der Waals surface area contributed by atoms with Gasteiger partial charge in [-0.05, 0) is 55.8 Å². The van der Waals surface area contributed by atoms with Crippen LogP contribution >= 0.6 is 0 Å². The zero-order valence-corrected chi connectivity index (χ0v) is 17.9. The Kier molecular flexibility index (Phi) is 4.90. The highest BCUT2D eigenvalue weighted by molar-refractivity contribution is 7.90. The van der Waals surface area contributed by atoms with Crippen molar-refractivity contribution < 1.29 is 8.42 Å². The van der Waals surface area contributed by atoms with E-state index in [4.69, 9.17) is 0 Å². The Hall–Kier alpha value is -3.46. The lowest BCUT2D eigenvalue weighted by atomic mass is 10.2. The van der Waals surface area contributed by atoms with Gasteiger partial charge in [-0.2, -0.15) is 10.1 Å². The topological polar surface area (TPSA) is 104 Å². The van der Waals surface area contributed by atoms with Crippen molar-refractivity contribution in [3.63, 3.8) is 0 Å². The van der Waals surface area contributed by atoms with E-state index in [1.54, 1.807) is 24.4 Å². The molecule has 0 saturated heterocycles. The molecule has 4 aromatic rings. The van der Waals surface area contributed by atoms with Gasteiger partial charge in [0.2, 0.25) is 5.95 Å². The lowest BCUT2D eigenvalue weighted by Gasteiger charge is -2.17. The summed E-state index contributed by atoms with van der Waals surface area (Å²) in [5.74, 6) is 1.77. The molecule has 0 spiro atoms. The van der Waals surface area contributed by atoms with E-state index in [0.717, 1.165) is 27.8 Å². The normalized spacial score (nSPS) is 11.6. The number of fused-ring (bicyclic) bond motifs is 1. The third kappa shape index (κ3) is 3.97. The number of aromatic nitrogens is 4. The maximum atomic E-state index is 11.9. The van der Waals surface area contributed by atoms with Gasteiger partial charge in [0.1, 0.15) is 5.82 Å². The Morgan fingerprint density at radius 3 is 2.60 bits per heavy atom. The average Bonchev–Trinajstić information content (AvgIpc) is 3.09. The van der Waals surface area contributed by atoms with Crippen LogP contribution in [0.2, 0.25) is 0 Å². The molecule has 0 aliphatic heterocycles. The maximum Gasteiger partial charge on any atom is 0.229 e. The van der Waals surface area contributed by atoms with Crippen molar-refractivity contribution in [3.8, 4) is 0 Å². The van der Waals surface area contributed by atoms with Crippen LogP contribution in [0.5, 0.6) is 0 Å². The first-order valence-electron chi connectivity index (χ1n) is 9.31. The summed E-state index contributed by atoms with van der Waals surface area (Å²) in [6.45, 7) is 3.88. The number of nitrogens with one attached hydrogen (secondary N) is 2. The molecule has 8 nitrogen and oxygen atoms in total. The molecule has 2 heterocycles. The second-order valence-electron chi connectivity index (χ2n) is 7.33. The van der Waals surface area contributed by atoms with Crippen molar-refractivity contribution in [2.75, 3.05) is 23.5 Å². The van der Waals surface area contributed by atoms with Gasteiger partial charge in [-0.1, -0.05) is 11.6 Å². The van der Waals surface area contributed by atoms with Crippen LogP contribution in [0.3, 0.4) is 0 Å². The van der Waals surface area contributed by atoms with Gasteiger partial charge >= 0.3 is 0 Å². The molecular weight excluding hydrogens is 400 g/mol. The number of nitrogens with zero attached hydrogens (tertiary/aromatic N) is 4. The molecule has 2 N–H and O–H groups in total. The fraction of sp³-hybridized carbons (Fsp3) is 0.190. The first-order chi connectivity index (χ1) is 14.2. The fourth-order valence-corrected chi connectivity index (χ4v) is 3.98. The summed E-state index contributed by atoms with van der Waals surface area (Å²) >= 11 is 0. The second-order valence-corrected chi connectivity index (χ2v) is 9.34. The average molecular weight is 423 g/mol. The van der Waals surface area contributed by atoms with E-state index in [2.05, 4.69) is 31.5 Å². The molecule has 0 saturated carbocycles. The summed E-state index contributed by atoms with van der Waals surface area (Å²) in [5.41, 5.74) is 3.52. The van der Waals surface area contributed by atoms with Gasteiger partial charge in [-0.15, -0.1) is 0 Å². The monoisotopic (exact) mass is 422 g/mol. The van der Waals surface area contributed by atoms with E-state index < -0.39 is 9.84 Å². The fourth-order valence-electron chi connectivity index (χ4n) is 3.24. The van der Waals surface area contributed by atoms with Gasteiger partial charge in [0.25, 0.3) is 0 Å². The van der Waals surface area contributed by atoms with Crippen LogP contribution in [0, 0.1) is 13.8 Å². The highest BCUT2D eigenvalue weighted by atomic mass is 32.2. The quantitative estimate of drug-likeness (QED) is 0.503. The molecule has 4 rings (SSSR count). The van der Waals surface area contributed by atoms with E-state index >= 15 is 0 Å². The van der Waals surface area contributed by atoms with Crippen molar-refractivity contribution in [1.29, 1.82) is 0 Å². The minimum atomic E-state index is -3.32. The van der Waals surface area contributed by atoms with Gasteiger partial charge in [0.15, 0.2) is 15.7 Å². The summed E-state index contributed by atoms with van der Waals surface area (Å²) in [7, 11) is -1.43. The number of benzene rings is 2. The minimum absolute atomic E-state index is 0.247. The van der Waals surface area contributed by atoms with Crippen molar-refractivity contribution in [2.24, 2.45) is 0 Å². The van der Waals surface area contributed by atoms with Crippen LogP contribution in [0.15, 0.2) is 53.6 Å². The van der Waals surface area contributed by atoms with E-state index in [1.807, 2.05) is 44.0 Å². The first kappa shape index (κ1) is 19.8. The molecule has 0 amide bonds. The molecule has 0 aliphatic rings. The van der Waals surface area contributed by atoms with E-state index in [-0.39, 0.29) is 4.90 Å². The Balaban J connectivity index is 1.66. The SMILES string of the molecule is Cc1cc(Nc2nccc(N(C)c3n[nH]c4ccc(C)cc34)n2)cc(S(C)(=O)=O)c1. The van der Waals surface area contributed by atoms with Gasteiger partial charge in [-0.25, -0.2) is 13.4 Å².